The Kier molecular flexibility index (Phi) is 3.53. The monoisotopic (exact) mass is 234 g/mol. The van der Waals surface area contributed by atoms with Crippen LogP contribution in [0.15, 0.2) is 12.4 Å². The predicted octanol–water partition coefficient (Wildman–Crippen LogP) is 0.630. The molecular weight excluding hydrogens is 216 g/mol. The van der Waals surface area contributed by atoms with E-state index in [-0.39, 0.29) is 0 Å². The Hall–Kier alpha value is -1.69. The summed E-state index contributed by atoms with van der Waals surface area (Å²) in [5.41, 5.74) is 2.26. The van der Waals surface area contributed by atoms with E-state index >= 15 is 0 Å². The highest BCUT2D eigenvalue weighted by Gasteiger charge is 2.04. The fraction of sp³-hybridized carbons (Fsp3) is 0.545. The molecule has 2 heterocycles. The maximum absolute atomic E-state index is 4.41. The molecule has 0 aliphatic heterocycles. The van der Waals surface area contributed by atoms with Gasteiger partial charge in [0.15, 0.2) is 0 Å². The van der Waals surface area contributed by atoms with Gasteiger partial charge in [0, 0.05) is 20.1 Å². The predicted molar refractivity (Wildman–Crippen MR) is 64.2 cm³/mol. The Morgan fingerprint density at radius 2 is 2.18 bits per heavy atom. The van der Waals surface area contributed by atoms with E-state index in [1.54, 1.807) is 6.33 Å². The van der Waals surface area contributed by atoms with Gasteiger partial charge in [0.25, 0.3) is 0 Å². The lowest BCUT2D eigenvalue weighted by atomic mass is 10.3. The van der Waals surface area contributed by atoms with E-state index in [1.165, 1.54) is 5.69 Å². The molecule has 0 spiro atoms. The minimum absolute atomic E-state index is 0.713. The first kappa shape index (κ1) is 11.8. The maximum atomic E-state index is 4.41. The summed E-state index contributed by atoms with van der Waals surface area (Å²) in [6.07, 6.45) is 1.71. The lowest BCUT2D eigenvalue weighted by Crippen LogP contribution is -2.18. The largest absolute Gasteiger partial charge is 0.320 e. The number of nitrogens with zero attached hydrogens (tertiary/aromatic N) is 5. The molecule has 0 saturated heterocycles. The van der Waals surface area contributed by atoms with Gasteiger partial charge in [-0.15, -0.1) is 10.2 Å². The Labute approximate surface area is 101 Å². The second-order valence-electron chi connectivity index (χ2n) is 4.05. The van der Waals surface area contributed by atoms with E-state index < -0.39 is 0 Å². The zero-order chi connectivity index (χ0) is 12.3. The quantitative estimate of drug-likeness (QED) is 0.824. The molecule has 0 fully saturated rings. The number of aromatic nitrogens is 5. The Morgan fingerprint density at radius 1 is 1.35 bits per heavy atom. The van der Waals surface area contributed by atoms with Gasteiger partial charge in [-0.1, -0.05) is 0 Å². The summed E-state index contributed by atoms with van der Waals surface area (Å²) in [7, 11) is 1.94. The Bertz CT molecular complexity index is 484. The van der Waals surface area contributed by atoms with Crippen LogP contribution in [-0.2, 0) is 26.7 Å². The molecule has 0 unspecified atom stereocenters. The van der Waals surface area contributed by atoms with Crippen LogP contribution in [0.5, 0.6) is 0 Å². The summed E-state index contributed by atoms with van der Waals surface area (Å²) < 4.78 is 3.92. The van der Waals surface area contributed by atoms with Crippen LogP contribution in [0, 0.1) is 6.92 Å². The van der Waals surface area contributed by atoms with Crippen LogP contribution in [0.1, 0.15) is 24.1 Å². The van der Waals surface area contributed by atoms with E-state index in [2.05, 4.69) is 33.6 Å². The number of aryl methyl sites for hydroxylation is 3. The summed E-state index contributed by atoms with van der Waals surface area (Å²) in [6.45, 7) is 6.51. The van der Waals surface area contributed by atoms with Crippen molar-refractivity contribution in [1.82, 2.24) is 29.9 Å². The third-order valence-electron chi connectivity index (χ3n) is 2.68. The second-order valence-corrected chi connectivity index (χ2v) is 4.05. The van der Waals surface area contributed by atoms with E-state index in [0.717, 1.165) is 24.6 Å². The average Bonchev–Trinajstić information content (AvgIpc) is 2.86. The van der Waals surface area contributed by atoms with Gasteiger partial charge in [-0.2, -0.15) is 5.10 Å². The van der Waals surface area contributed by atoms with Gasteiger partial charge in [-0.3, -0.25) is 4.68 Å². The summed E-state index contributed by atoms with van der Waals surface area (Å²) >= 11 is 0. The van der Waals surface area contributed by atoms with Crippen molar-refractivity contribution in [2.45, 2.75) is 33.5 Å². The van der Waals surface area contributed by atoms with Gasteiger partial charge in [0.05, 0.1) is 17.9 Å². The number of hydrogen-bond donors (Lipinski definition) is 1. The fourth-order valence-electron chi connectivity index (χ4n) is 1.78. The minimum atomic E-state index is 0.713. The van der Waals surface area contributed by atoms with Crippen LogP contribution >= 0.6 is 0 Å². The lowest BCUT2D eigenvalue weighted by molar-refractivity contribution is 0.566. The molecule has 2 aromatic heterocycles. The van der Waals surface area contributed by atoms with Crippen LogP contribution in [0.2, 0.25) is 0 Å². The molecule has 0 aliphatic rings. The molecule has 0 saturated carbocycles. The minimum Gasteiger partial charge on any atom is -0.320 e. The highest BCUT2D eigenvalue weighted by molar-refractivity contribution is 5.08. The molecule has 1 N–H and O–H groups in total. The van der Waals surface area contributed by atoms with Gasteiger partial charge in [-0.25, -0.2) is 0 Å². The number of hydrogen-bond acceptors (Lipinski definition) is 4. The van der Waals surface area contributed by atoms with E-state index in [4.69, 9.17) is 0 Å². The summed E-state index contributed by atoms with van der Waals surface area (Å²) in [5.74, 6) is 0.935. The summed E-state index contributed by atoms with van der Waals surface area (Å²) in [5, 5.41) is 15.6. The van der Waals surface area contributed by atoms with Gasteiger partial charge in [0.1, 0.15) is 12.2 Å². The smallest absolute Gasteiger partial charge is 0.146 e. The molecular formula is C11H18N6. The molecule has 6 heteroatoms. The van der Waals surface area contributed by atoms with Crippen molar-refractivity contribution in [1.29, 1.82) is 0 Å². The van der Waals surface area contributed by atoms with Gasteiger partial charge < -0.3 is 9.88 Å². The SMILES string of the molecule is CCn1nc(C)cc1CNCc1nncn1C. The van der Waals surface area contributed by atoms with E-state index in [9.17, 15) is 0 Å². The molecule has 6 nitrogen and oxygen atoms in total. The van der Waals surface area contributed by atoms with Crippen LogP contribution < -0.4 is 5.32 Å². The molecule has 0 aromatic carbocycles. The van der Waals surface area contributed by atoms with Crippen molar-refractivity contribution in [3.05, 3.63) is 29.6 Å². The molecule has 0 bridgehead atoms. The van der Waals surface area contributed by atoms with Crippen molar-refractivity contribution in [2.75, 3.05) is 0 Å². The lowest BCUT2D eigenvalue weighted by Gasteiger charge is -2.06. The van der Waals surface area contributed by atoms with Crippen LogP contribution in [0.3, 0.4) is 0 Å². The molecule has 0 amide bonds. The summed E-state index contributed by atoms with van der Waals surface area (Å²) in [4.78, 5) is 0. The van der Waals surface area contributed by atoms with Crippen LogP contribution in [0.25, 0.3) is 0 Å². The number of rotatable bonds is 5. The Morgan fingerprint density at radius 3 is 2.82 bits per heavy atom. The highest BCUT2D eigenvalue weighted by Crippen LogP contribution is 2.03. The fourth-order valence-corrected chi connectivity index (χ4v) is 1.78. The van der Waals surface area contributed by atoms with Crippen LogP contribution in [0.4, 0.5) is 0 Å². The van der Waals surface area contributed by atoms with Gasteiger partial charge in [-0.05, 0) is 19.9 Å². The maximum Gasteiger partial charge on any atom is 0.146 e. The van der Waals surface area contributed by atoms with Crippen molar-refractivity contribution in [3.63, 3.8) is 0 Å². The second kappa shape index (κ2) is 5.09. The molecule has 2 rings (SSSR count). The summed E-state index contributed by atoms with van der Waals surface area (Å²) in [6, 6.07) is 2.10. The van der Waals surface area contributed by atoms with Crippen molar-refractivity contribution < 1.29 is 0 Å². The topological polar surface area (TPSA) is 60.6 Å². The molecule has 92 valence electrons. The van der Waals surface area contributed by atoms with Crippen molar-refractivity contribution in [3.8, 4) is 0 Å². The highest BCUT2D eigenvalue weighted by atomic mass is 15.3. The zero-order valence-corrected chi connectivity index (χ0v) is 10.5. The first-order valence-corrected chi connectivity index (χ1v) is 5.77. The molecule has 0 aliphatic carbocycles. The third-order valence-corrected chi connectivity index (χ3v) is 2.68. The normalized spacial score (nSPS) is 11.0. The van der Waals surface area contributed by atoms with E-state index in [1.807, 2.05) is 23.2 Å². The molecule has 2 aromatic rings. The van der Waals surface area contributed by atoms with Gasteiger partial charge in [0.2, 0.25) is 0 Å². The molecule has 0 radical (unpaired) electrons. The zero-order valence-electron chi connectivity index (χ0n) is 10.5. The first-order valence-electron chi connectivity index (χ1n) is 5.77. The first-order chi connectivity index (χ1) is 8.20. The van der Waals surface area contributed by atoms with Gasteiger partial charge >= 0.3 is 0 Å². The Balaban J connectivity index is 1.92. The standard InChI is InChI=1S/C11H18N6/c1-4-17-10(5-9(2)15-17)6-12-7-11-14-13-8-16(11)3/h5,8,12H,4,6-7H2,1-3H3. The average molecular weight is 234 g/mol. The van der Waals surface area contributed by atoms with Crippen molar-refractivity contribution >= 4 is 0 Å². The number of nitrogens with one attached hydrogen (secondary N) is 1. The molecule has 17 heavy (non-hydrogen) atoms. The van der Waals surface area contributed by atoms with Crippen molar-refractivity contribution in [2.24, 2.45) is 7.05 Å². The molecule has 0 atom stereocenters. The third kappa shape index (κ3) is 2.71. The van der Waals surface area contributed by atoms with E-state index in [0.29, 0.717) is 6.54 Å². The van der Waals surface area contributed by atoms with Crippen LogP contribution in [-0.4, -0.2) is 24.5 Å².